The molecule has 1 aromatic heterocycles. The molecule has 0 saturated heterocycles. The molecule has 2 N–H and O–H groups in total. The van der Waals surface area contributed by atoms with E-state index in [2.05, 4.69) is 4.98 Å². The molecule has 0 aliphatic heterocycles. The van der Waals surface area contributed by atoms with Crippen LogP contribution >= 0.6 is 23.2 Å². The van der Waals surface area contributed by atoms with Gasteiger partial charge in [0.05, 0.1) is 15.7 Å². The van der Waals surface area contributed by atoms with E-state index in [1.807, 2.05) is 12.1 Å². The summed E-state index contributed by atoms with van der Waals surface area (Å²) in [4.78, 5) is 4.02. The summed E-state index contributed by atoms with van der Waals surface area (Å²) in [5.74, 6) is 0. The van der Waals surface area contributed by atoms with E-state index >= 15 is 0 Å². The quantitative estimate of drug-likeness (QED) is 0.917. The first kappa shape index (κ1) is 11.3. The third-order valence-electron chi connectivity index (χ3n) is 2.22. The van der Waals surface area contributed by atoms with Gasteiger partial charge in [-0.25, -0.2) is 0 Å². The molecule has 0 bridgehead atoms. The molecule has 0 unspecified atom stereocenters. The molecule has 0 saturated carbocycles. The van der Waals surface area contributed by atoms with Crippen molar-refractivity contribution in [1.82, 2.24) is 4.98 Å². The summed E-state index contributed by atoms with van der Waals surface area (Å²) in [6, 6.07) is 5.78. The highest BCUT2D eigenvalue weighted by Gasteiger charge is 2.03. The standard InChI is InChI=1S/C11H10Cl2N2O/c12-9-4-2-7(5-10(9)13)1-3-8-6-16-11(14)15-8/h2,4-6H,1,3H2,(H2,14,15). The Hall–Kier alpha value is -1.19. The molecule has 5 heteroatoms. The number of hydrogen-bond acceptors (Lipinski definition) is 3. The molecule has 0 atom stereocenters. The summed E-state index contributed by atoms with van der Waals surface area (Å²) in [6.07, 6.45) is 3.15. The average Bonchev–Trinajstić information content (AvgIpc) is 2.66. The number of nitrogens with two attached hydrogens (primary N) is 1. The van der Waals surface area contributed by atoms with Crippen LogP contribution in [0.3, 0.4) is 0 Å². The second-order valence-electron chi connectivity index (χ2n) is 3.43. The zero-order valence-electron chi connectivity index (χ0n) is 8.41. The maximum Gasteiger partial charge on any atom is 0.292 e. The first-order valence-corrected chi connectivity index (χ1v) is 5.54. The Kier molecular flexibility index (Phi) is 3.36. The maximum atomic E-state index is 5.91. The normalized spacial score (nSPS) is 10.6. The molecular formula is C11H10Cl2N2O. The van der Waals surface area contributed by atoms with Gasteiger partial charge >= 0.3 is 0 Å². The van der Waals surface area contributed by atoms with Crippen molar-refractivity contribution in [3.8, 4) is 0 Å². The van der Waals surface area contributed by atoms with Gasteiger partial charge in [0.25, 0.3) is 6.01 Å². The molecule has 1 aromatic carbocycles. The molecule has 2 rings (SSSR count). The van der Waals surface area contributed by atoms with Crippen LogP contribution < -0.4 is 5.73 Å². The smallest absolute Gasteiger partial charge is 0.292 e. The van der Waals surface area contributed by atoms with Crippen LogP contribution in [0, 0.1) is 0 Å². The highest BCUT2D eigenvalue weighted by Crippen LogP contribution is 2.23. The SMILES string of the molecule is Nc1nc(CCc2ccc(Cl)c(Cl)c2)co1. The van der Waals surface area contributed by atoms with Crippen molar-refractivity contribution in [2.24, 2.45) is 0 Å². The van der Waals surface area contributed by atoms with Gasteiger partial charge in [-0.05, 0) is 30.5 Å². The van der Waals surface area contributed by atoms with Crippen LogP contribution in [0.5, 0.6) is 0 Å². The fraction of sp³-hybridized carbons (Fsp3) is 0.182. The molecule has 84 valence electrons. The van der Waals surface area contributed by atoms with Gasteiger partial charge in [-0.2, -0.15) is 4.98 Å². The molecular weight excluding hydrogens is 247 g/mol. The summed E-state index contributed by atoms with van der Waals surface area (Å²) in [7, 11) is 0. The van der Waals surface area contributed by atoms with Crippen molar-refractivity contribution in [1.29, 1.82) is 0 Å². The summed E-state index contributed by atoms with van der Waals surface area (Å²) in [5.41, 5.74) is 7.32. The number of anilines is 1. The Morgan fingerprint density at radius 2 is 2.00 bits per heavy atom. The number of aryl methyl sites for hydroxylation is 2. The van der Waals surface area contributed by atoms with Crippen LogP contribution in [-0.2, 0) is 12.8 Å². The monoisotopic (exact) mass is 256 g/mol. The van der Waals surface area contributed by atoms with Gasteiger partial charge in [0.1, 0.15) is 6.26 Å². The van der Waals surface area contributed by atoms with Gasteiger partial charge in [-0.3, -0.25) is 0 Å². The van der Waals surface area contributed by atoms with Crippen molar-refractivity contribution in [2.45, 2.75) is 12.8 Å². The topological polar surface area (TPSA) is 52.0 Å². The van der Waals surface area contributed by atoms with Crippen LogP contribution in [0.4, 0.5) is 6.01 Å². The zero-order chi connectivity index (χ0) is 11.5. The molecule has 3 nitrogen and oxygen atoms in total. The molecule has 2 aromatic rings. The van der Waals surface area contributed by atoms with E-state index in [0.29, 0.717) is 10.0 Å². The summed E-state index contributed by atoms with van der Waals surface area (Å²) < 4.78 is 4.92. The Labute approximate surface area is 103 Å². The largest absolute Gasteiger partial charge is 0.432 e. The zero-order valence-corrected chi connectivity index (χ0v) is 9.92. The number of oxazole rings is 1. The molecule has 0 aliphatic carbocycles. The van der Waals surface area contributed by atoms with Crippen LogP contribution in [0.15, 0.2) is 28.9 Å². The summed E-state index contributed by atoms with van der Waals surface area (Å²) >= 11 is 11.7. The molecule has 0 radical (unpaired) electrons. The molecule has 1 heterocycles. The highest BCUT2D eigenvalue weighted by molar-refractivity contribution is 6.42. The second-order valence-corrected chi connectivity index (χ2v) is 4.24. The number of nitrogens with zero attached hydrogens (tertiary/aromatic N) is 1. The third kappa shape index (κ3) is 2.68. The number of aromatic nitrogens is 1. The first-order chi connectivity index (χ1) is 7.65. The maximum absolute atomic E-state index is 5.91. The van der Waals surface area contributed by atoms with E-state index < -0.39 is 0 Å². The number of hydrogen-bond donors (Lipinski definition) is 1. The number of nitrogen functional groups attached to an aromatic ring is 1. The minimum atomic E-state index is 0.198. The second kappa shape index (κ2) is 4.76. The van der Waals surface area contributed by atoms with Gasteiger partial charge in [0.15, 0.2) is 0 Å². The van der Waals surface area contributed by atoms with Crippen LogP contribution in [-0.4, -0.2) is 4.98 Å². The fourth-order valence-electron chi connectivity index (χ4n) is 1.41. The van der Waals surface area contributed by atoms with E-state index in [1.165, 1.54) is 0 Å². The third-order valence-corrected chi connectivity index (χ3v) is 2.96. The minimum Gasteiger partial charge on any atom is -0.432 e. The Morgan fingerprint density at radius 1 is 1.19 bits per heavy atom. The Bertz CT molecular complexity index is 496. The Morgan fingerprint density at radius 3 is 2.62 bits per heavy atom. The van der Waals surface area contributed by atoms with Crippen molar-refractivity contribution < 1.29 is 4.42 Å². The van der Waals surface area contributed by atoms with Gasteiger partial charge < -0.3 is 10.2 Å². The molecule has 16 heavy (non-hydrogen) atoms. The van der Waals surface area contributed by atoms with E-state index in [-0.39, 0.29) is 6.01 Å². The first-order valence-electron chi connectivity index (χ1n) is 4.79. The summed E-state index contributed by atoms with van der Waals surface area (Å²) in [6.45, 7) is 0. The summed E-state index contributed by atoms with van der Waals surface area (Å²) in [5, 5.41) is 1.13. The van der Waals surface area contributed by atoms with Crippen molar-refractivity contribution in [2.75, 3.05) is 5.73 Å². The van der Waals surface area contributed by atoms with Crippen LogP contribution in [0.2, 0.25) is 10.0 Å². The van der Waals surface area contributed by atoms with E-state index in [1.54, 1.807) is 12.3 Å². The molecule has 0 aliphatic rings. The lowest BCUT2D eigenvalue weighted by Crippen LogP contribution is -1.92. The van der Waals surface area contributed by atoms with Gasteiger partial charge in [-0.1, -0.05) is 29.3 Å². The number of benzene rings is 1. The Balaban J connectivity index is 2.02. The molecule has 0 amide bonds. The molecule has 0 spiro atoms. The number of halogens is 2. The molecule has 0 fully saturated rings. The predicted molar refractivity (Wildman–Crippen MR) is 64.8 cm³/mol. The average molecular weight is 257 g/mol. The van der Waals surface area contributed by atoms with E-state index in [0.717, 1.165) is 24.1 Å². The fourth-order valence-corrected chi connectivity index (χ4v) is 1.73. The highest BCUT2D eigenvalue weighted by atomic mass is 35.5. The van der Waals surface area contributed by atoms with Crippen LogP contribution in [0.1, 0.15) is 11.3 Å². The number of rotatable bonds is 3. The lowest BCUT2D eigenvalue weighted by atomic mass is 10.1. The lowest BCUT2D eigenvalue weighted by molar-refractivity contribution is 0.578. The van der Waals surface area contributed by atoms with Crippen molar-refractivity contribution in [3.05, 3.63) is 45.8 Å². The van der Waals surface area contributed by atoms with E-state index in [9.17, 15) is 0 Å². The van der Waals surface area contributed by atoms with E-state index in [4.69, 9.17) is 33.4 Å². The van der Waals surface area contributed by atoms with Gasteiger partial charge in [0.2, 0.25) is 0 Å². The van der Waals surface area contributed by atoms with Crippen LogP contribution in [0.25, 0.3) is 0 Å². The van der Waals surface area contributed by atoms with Crippen molar-refractivity contribution in [3.63, 3.8) is 0 Å². The lowest BCUT2D eigenvalue weighted by Gasteiger charge is -2.01. The minimum absolute atomic E-state index is 0.198. The van der Waals surface area contributed by atoms with Crippen molar-refractivity contribution >= 4 is 29.2 Å². The van der Waals surface area contributed by atoms with Gasteiger partial charge in [-0.15, -0.1) is 0 Å². The predicted octanol–water partition coefficient (Wildman–Crippen LogP) is 3.35. The van der Waals surface area contributed by atoms with Gasteiger partial charge in [0, 0.05) is 0 Å².